The first-order chi connectivity index (χ1) is 14.5. The highest BCUT2D eigenvalue weighted by atomic mass is 32.2. The Morgan fingerprint density at radius 2 is 1.61 bits per heavy atom. The molecular weight excluding hydrogens is 416 g/mol. The lowest BCUT2D eigenvalue weighted by Crippen LogP contribution is -2.55. The number of hydrogen-bond donors (Lipinski definition) is 1. The molecule has 1 saturated carbocycles. The Labute approximate surface area is 185 Å². The van der Waals surface area contributed by atoms with Crippen LogP contribution in [0.3, 0.4) is 0 Å². The van der Waals surface area contributed by atoms with Gasteiger partial charge < -0.3 is 10.1 Å². The van der Waals surface area contributed by atoms with Crippen LogP contribution in [0, 0.1) is 5.92 Å². The van der Waals surface area contributed by atoms with E-state index in [-0.39, 0.29) is 35.2 Å². The minimum absolute atomic E-state index is 0.0467. The van der Waals surface area contributed by atoms with Gasteiger partial charge in [0, 0.05) is 19.0 Å². The average Bonchev–Trinajstić information content (AvgIpc) is 3.22. The van der Waals surface area contributed by atoms with Crippen molar-refractivity contribution in [2.75, 3.05) is 20.2 Å². The molecule has 1 saturated heterocycles. The normalized spacial score (nSPS) is 20.4. The summed E-state index contributed by atoms with van der Waals surface area (Å²) in [6, 6.07) is 7.05. The molecule has 0 radical (unpaired) electrons. The second-order valence-electron chi connectivity index (χ2n) is 9.72. The molecule has 1 aliphatic carbocycles. The maximum Gasteiger partial charge on any atom is 0.331 e. The molecule has 2 fully saturated rings. The Kier molecular flexibility index (Phi) is 6.81. The molecule has 1 aromatic carbocycles. The van der Waals surface area contributed by atoms with E-state index < -0.39 is 21.5 Å². The van der Waals surface area contributed by atoms with E-state index in [0.29, 0.717) is 25.7 Å². The summed E-state index contributed by atoms with van der Waals surface area (Å²) in [5, 5.41) is 2.94. The predicted molar refractivity (Wildman–Crippen MR) is 118 cm³/mol. The third-order valence-corrected chi connectivity index (χ3v) is 8.49. The van der Waals surface area contributed by atoms with E-state index in [1.54, 1.807) is 12.1 Å². The van der Waals surface area contributed by atoms with Crippen LogP contribution in [0.5, 0.6) is 0 Å². The number of nitrogens with one attached hydrogen (secondary N) is 1. The van der Waals surface area contributed by atoms with Crippen LogP contribution in [0.2, 0.25) is 0 Å². The van der Waals surface area contributed by atoms with Crippen LogP contribution in [0.1, 0.15) is 64.9 Å². The Morgan fingerprint density at radius 3 is 2.10 bits per heavy atom. The van der Waals surface area contributed by atoms with Crippen LogP contribution < -0.4 is 5.32 Å². The summed E-state index contributed by atoms with van der Waals surface area (Å²) in [6.45, 7) is 6.83. The first-order valence-corrected chi connectivity index (χ1v) is 12.4. The summed E-state index contributed by atoms with van der Waals surface area (Å²) in [6.07, 6.45) is 3.79. The number of piperidine rings is 1. The lowest BCUT2D eigenvalue weighted by molar-refractivity contribution is -0.151. The fraction of sp³-hybridized carbons (Fsp3) is 0.652. The smallest absolute Gasteiger partial charge is 0.331 e. The maximum absolute atomic E-state index is 13.0. The Bertz CT molecular complexity index is 904. The topological polar surface area (TPSA) is 92.8 Å². The number of sulfonamides is 1. The van der Waals surface area contributed by atoms with Crippen LogP contribution in [0.25, 0.3) is 0 Å². The molecule has 1 N–H and O–H groups in total. The second kappa shape index (κ2) is 8.90. The van der Waals surface area contributed by atoms with Crippen molar-refractivity contribution in [2.24, 2.45) is 5.92 Å². The van der Waals surface area contributed by atoms with Gasteiger partial charge in [0.15, 0.2) is 0 Å². The molecule has 0 unspecified atom stereocenters. The third kappa shape index (κ3) is 4.95. The van der Waals surface area contributed by atoms with Gasteiger partial charge in [0.2, 0.25) is 15.9 Å². The van der Waals surface area contributed by atoms with E-state index >= 15 is 0 Å². The quantitative estimate of drug-likeness (QED) is 0.696. The van der Waals surface area contributed by atoms with Crippen LogP contribution in [-0.2, 0) is 29.8 Å². The van der Waals surface area contributed by atoms with Gasteiger partial charge >= 0.3 is 5.97 Å². The van der Waals surface area contributed by atoms with E-state index in [2.05, 4.69) is 26.1 Å². The van der Waals surface area contributed by atoms with Gasteiger partial charge in [-0.25, -0.2) is 13.2 Å². The highest BCUT2D eigenvalue weighted by molar-refractivity contribution is 7.89. The number of carbonyl (C=O) groups is 2. The fourth-order valence-corrected chi connectivity index (χ4v) is 6.00. The minimum Gasteiger partial charge on any atom is -0.467 e. The summed E-state index contributed by atoms with van der Waals surface area (Å²) in [5.74, 6) is -0.882. The van der Waals surface area contributed by atoms with Crippen molar-refractivity contribution >= 4 is 21.9 Å². The summed E-state index contributed by atoms with van der Waals surface area (Å²) >= 11 is 0. The molecule has 8 heteroatoms. The molecule has 1 heterocycles. The van der Waals surface area contributed by atoms with Crippen molar-refractivity contribution in [1.29, 1.82) is 0 Å². The zero-order valence-corrected chi connectivity index (χ0v) is 19.8. The van der Waals surface area contributed by atoms with Gasteiger partial charge in [-0.15, -0.1) is 0 Å². The fourth-order valence-electron chi connectivity index (χ4n) is 4.53. The van der Waals surface area contributed by atoms with Gasteiger partial charge in [-0.05, 0) is 48.8 Å². The molecule has 0 spiro atoms. The summed E-state index contributed by atoms with van der Waals surface area (Å²) in [7, 11) is -2.26. The van der Waals surface area contributed by atoms with E-state index in [4.69, 9.17) is 4.74 Å². The van der Waals surface area contributed by atoms with Gasteiger partial charge in [0.1, 0.15) is 5.54 Å². The highest BCUT2D eigenvalue weighted by Crippen LogP contribution is 2.32. The number of amides is 1. The van der Waals surface area contributed by atoms with E-state index in [9.17, 15) is 18.0 Å². The van der Waals surface area contributed by atoms with Crippen molar-refractivity contribution in [1.82, 2.24) is 9.62 Å². The number of methoxy groups -OCH3 is 1. The van der Waals surface area contributed by atoms with E-state index in [0.717, 1.165) is 18.4 Å². The maximum atomic E-state index is 13.0. The summed E-state index contributed by atoms with van der Waals surface area (Å²) < 4.78 is 32.5. The molecule has 0 bridgehead atoms. The number of rotatable bonds is 5. The number of carbonyl (C=O) groups excluding carboxylic acids is 2. The van der Waals surface area contributed by atoms with Crippen molar-refractivity contribution in [2.45, 2.75) is 75.1 Å². The largest absolute Gasteiger partial charge is 0.467 e. The van der Waals surface area contributed by atoms with Gasteiger partial charge in [0.05, 0.1) is 12.0 Å². The van der Waals surface area contributed by atoms with E-state index in [1.807, 2.05) is 12.1 Å². The molecule has 0 aromatic heterocycles. The average molecular weight is 451 g/mol. The van der Waals surface area contributed by atoms with Crippen molar-refractivity contribution < 1.29 is 22.7 Å². The number of hydrogen-bond acceptors (Lipinski definition) is 5. The van der Waals surface area contributed by atoms with Crippen molar-refractivity contribution in [3.05, 3.63) is 29.8 Å². The molecular formula is C23H34N2O5S. The molecule has 172 valence electrons. The lowest BCUT2D eigenvalue weighted by Gasteiger charge is -2.33. The van der Waals surface area contributed by atoms with Crippen LogP contribution in [0.4, 0.5) is 0 Å². The van der Waals surface area contributed by atoms with E-state index in [1.165, 1.54) is 11.4 Å². The lowest BCUT2D eigenvalue weighted by atomic mass is 9.87. The van der Waals surface area contributed by atoms with Gasteiger partial charge in [0.25, 0.3) is 0 Å². The molecule has 2 aliphatic rings. The summed E-state index contributed by atoms with van der Waals surface area (Å²) in [4.78, 5) is 25.4. The monoisotopic (exact) mass is 450 g/mol. The molecule has 31 heavy (non-hydrogen) atoms. The number of nitrogens with zero attached hydrogens (tertiary/aromatic N) is 1. The van der Waals surface area contributed by atoms with Crippen LogP contribution >= 0.6 is 0 Å². The Morgan fingerprint density at radius 1 is 1.06 bits per heavy atom. The molecule has 3 rings (SSSR count). The molecule has 1 aliphatic heterocycles. The third-order valence-electron chi connectivity index (χ3n) is 6.58. The first kappa shape index (κ1) is 23.7. The van der Waals surface area contributed by atoms with Crippen LogP contribution in [-0.4, -0.2) is 50.3 Å². The number of ether oxygens (including phenoxy) is 1. The van der Waals surface area contributed by atoms with Gasteiger partial charge in [-0.3, -0.25) is 4.79 Å². The highest BCUT2D eigenvalue weighted by Gasteiger charge is 2.45. The zero-order valence-electron chi connectivity index (χ0n) is 18.9. The SMILES string of the molecule is COC(=O)C1(NC(=O)C2CCN(S(=O)(=O)c3ccc(C(C)(C)C)cc3)CC2)CCCC1. The Hall–Kier alpha value is -1.93. The molecule has 1 aromatic rings. The van der Waals surface area contributed by atoms with Gasteiger partial charge in [-0.2, -0.15) is 4.31 Å². The second-order valence-corrected chi connectivity index (χ2v) is 11.7. The first-order valence-electron chi connectivity index (χ1n) is 11.0. The Balaban J connectivity index is 1.63. The summed E-state index contributed by atoms with van der Waals surface area (Å²) in [5.41, 5.74) is 0.104. The predicted octanol–water partition coefficient (Wildman–Crippen LogP) is 2.99. The van der Waals surface area contributed by atoms with Gasteiger partial charge in [-0.1, -0.05) is 45.7 Å². The van der Waals surface area contributed by atoms with Crippen molar-refractivity contribution in [3.63, 3.8) is 0 Å². The number of esters is 1. The zero-order chi connectivity index (χ0) is 22.9. The standard InChI is InChI=1S/C23H34N2O5S/c1-22(2,3)18-7-9-19(10-8-18)31(28,29)25-15-11-17(12-16-25)20(26)24-23(21(27)30-4)13-5-6-14-23/h7-10,17H,5-6,11-16H2,1-4H3,(H,24,26). The number of benzene rings is 1. The molecule has 1 amide bonds. The van der Waals surface area contributed by atoms with Crippen molar-refractivity contribution in [3.8, 4) is 0 Å². The molecule has 7 nitrogen and oxygen atoms in total. The minimum atomic E-state index is -3.60. The van der Waals surface area contributed by atoms with Crippen LogP contribution in [0.15, 0.2) is 29.2 Å². The molecule has 0 atom stereocenters.